The van der Waals surface area contributed by atoms with Gasteiger partial charge in [0.2, 0.25) is 0 Å². The quantitative estimate of drug-likeness (QED) is 0.153. The Bertz CT molecular complexity index is 879. The number of aliphatic imine (C=N–C) groups is 1. The molecule has 3 rings (SSSR count). The van der Waals surface area contributed by atoms with Crippen molar-refractivity contribution < 1.29 is 5.11 Å². The van der Waals surface area contributed by atoms with Crippen molar-refractivity contribution in [1.29, 1.82) is 0 Å². The largest absolute Gasteiger partial charge is 0.396 e. The maximum absolute atomic E-state index is 9.72. The van der Waals surface area contributed by atoms with Gasteiger partial charge in [-0.3, -0.25) is 4.99 Å². The molecule has 1 atom stereocenters. The fraction of sp³-hybridized carbons (Fsp3) is 0.348. The lowest BCUT2D eigenvalue weighted by atomic mass is 10.0. The number of para-hydroxylation sites is 1. The standard InChI is InChI=1S/C23H30N4O.HI/c1-2-24-23(27-16-20(17-28)18-9-4-3-5-10-18)25-14-8-11-19-15-26-22-13-7-6-12-21(19)22;/h3-7,9-10,12-13,15,20,26,28H,2,8,11,14,16-17H2,1H3,(H2,24,25,27);1H. The summed E-state index contributed by atoms with van der Waals surface area (Å²) in [5.41, 5.74) is 3.66. The molecule has 0 saturated heterocycles. The van der Waals surface area contributed by atoms with Crippen molar-refractivity contribution in [3.05, 3.63) is 71.9 Å². The van der Waals surface area contributed by atoms with E-state index in [1.54, 1.807) is 0 Å². The van der Waals surface area contributed by atoms with E-state index in [0.29, 0.717) is 6.54 Å². The van der Waals surface area contributed by atoms with Crippen LogP contribution in [0, 0.1) is 0 Å². The molecular formula is C23H31IN4O. The van der Waals surface area contributed by atoms with Gasteiger partial charge in [-0.15, -0.1) is 24.0 Å². The Kier molecular flexibility index (Phi) is 10.0. The molecule has 4 N–H and O–H groups in total. The number of aromatic amines is 1. The SMILES string of the molecule is CCNC(=NCC(CO)c1ccccc1)NCCCc1c[nH]c2ccccc12.I. The predicted molar refractivity (Wildman–Crippen MR) is 132 cm³/mol. The van der Waals surface area contributed by atoms with Crippen molar-refractivity contribution in [2.75, 3.05) is 26.2 Å². The van der Waals surface area contributed by atoms with Crippen LogP contribution in [0.15, 0.2) is 65.8 Å². The van der Waals surface area contributed by atoms with E-state index in [9.17, 15) is 5.11 Å². The number of hydrogen-bond acceptors (Lipinski definition) is 2. The Morgan fingerprint density at radius 3 is 2.59 bits per heavy atom. The maximum Gasteiger partial charge on any atom is 0.191 e. The zero-order valence-corrected chi connectivity index (χ0v) is 19.2. The first-order valence-corrected chi connectivity index (χ1v) is 10.0. The monoisotopic (exact) mass is 506 g/mol. The van der Waals surface area contributed by atoms with Crippen LogP contribution < -0.4 is 10.6 Å². The third kappa shape index (κ3) is 6.75. The van der Waals surface area contributed by atoms with Gasteiger partial charge in [-0.1, -0.05) is 48.5 Å². The predicted octanol–water partition coefficient (Wildman–Crippen LogP) is 4.05. The van der Waals surface area contributed by atoms with E-state index in [2.05, 4.69) is 58.0 Å². The number of rotatable bonds is 9. The molecule has 0 aliphatic carbocycles. The van der Waals surface area contributed by atoms with Crippen molar-refractivity contribution in [3.8, 4) is 0 Å². The number of halogens is 1. The van der Waals surface area contributed by atoms with Crippen molar-refractivity contribution >= 4 is 40.8 Å². The molecule has 3 aromatic rings. The number of H-pyrrole nitrogens is 1. The van der Waals surface area contributed by atoms with Crippen LogP contribution in [0.4, 0.5) is 0 Å². The van der Waals surface area contributed by atoms with Gasteiger partial charge in [0.1, 0.15) is 0 Å². The summed E-state index contributed by atoms with van der Waals surface area (Å²) >= 11 is 0. The maximum atomic E-state index is 9.72. The summed E-state index contributed by atoms with van der Waals surface area (Å²) in [5, 5.41) is 17.7. The fourth-order valence-corrected chi connectivity index (χ4v) is 3.36. The van der Waals surface area contributed by atoms with E-state index in [-0.39, 0.29) is 36.5 Å². The van der Waals surface area contributed by atoms with Crippen LogP contribution in [0.5, 0.6) is 0 Å². The number of nitrogens with zero attached hydrogens (tertiary/aromatic N) is 1. The number of guanidine groups is 1. The summed E-state index contributed by atoms with van der Waals surface area (Å²) in [7, 11) is 0. The molecule has 0 bridgehead atoms. The minimum Gasteiger partial charge on any atom is -0.396 e. The number of fused-ring (bicyclic) bond motifs is 1. The van der Waals surface area contributed by atoms with Gasteiger partial charge in [-0.2, -0.15) is 0 Å². The van der Waals surface area contributed by atoms with E-state index < -0.39 is 0 Å². The number of aliphatic hydroxyl groups is 1. The molecule has 0 radical (unpaired) electrons. The third-order valence-electron chi connectivity index (χ3n) is 4.90. The van der Waals surface area contributed by atoms with Crippen LogP contribution in [0.25, 0.3) is 10.9 Å². The average Bonchev–Trinajstić information content (AvgIpc) is 3.15. The van der Waals surface area contributed by atoms with Gasteiger partial charge in [0.25, 0.3) is 0 Å². The summed E-state index contributed by atoms with van der Waals surface area (Å²) in [6, 6.07) is 18.5. The van der Waals surface area contributed by atoms with E-state index in [4.69, 9.17) is 0 Å². The molecule has 29 heavy (non-hydrogen) atoms. The Morgan fingerprint density at radius 1 is 1.07 bits per heavy atom. The molecule has 1 aromatic heterocycles. The van der Waals surface area contributed by atoms with Crippen molar-refractivity contribution in [1.82, 2.24) is 15.6 Å². The Morgan fingerprint density at radius 2 is 1.83 bits per heavy atom. The van der Waals surface area contributed by atoms with Crippen LogP contribution in [0.3, 0.4) is 0 Å². The van der Waals surface area contributed by atoms with E-state index in [0.717, 1.165) is 37.5 Å². The Hall–Kier alpha value is -2.06. The smallest absolute Gasteiger partial charge is 0.191 e. The second-order valence-corrected chi connectivity index (χ2v) is 6.90. The summed E-state index contributed by atoms with van der Waals surface area (Å²) in [4.78, 5) is 8.01. The molecule has 2 aromatic carbocycles. The first-order chi connectivity index (χ1) is 13.8. The highest BCUT2D eigenvalue weighted by Gasteiger charge is 2.10. The zero-order valence-electron chi connectivity index (χ0n) is 16.9. The minimum absolute atomic E-state index is 0. The van der Waals surface area contributed by atoms with Crippen molar-refractivity contribution in [3.63, 3.8) is 0 Å². The lowest BCUT2D eigenvalue weighted by molar-refractivity contribution is 0.268. The molecule has 6 heteroatoms. The molecule has 1 heterocycles. The summed E-state index contributed by atoms with van der Waals surface area (Å²) < 4.78 is 0. The Balaban J connectivity index is 0.00000300. The summed E-state index contributed by atoms with van der Waals surface area (Å²) in [5.74, 6) is 0.818. The highest BCUT2D eigenvalue weighted by molar-refractivity contribution is 14.0. The van der Waals surface area contributed by atoms with Crippen molar-refractivity contribution in [2.45, 2.75) is 25.7 Å². The fourth-order valence-electron chi connectivity index (χ4n) is 3.36. The topological polar surface area (TPSA) is 72.4 Å². The highest BCUT2D eigenvalue weighted by atomic mass is 127. The van der Waals surface area contributed by atoms with Gasteiger partial charge < -0.3 is 20.7 Å². The van der Waals surface area contributed by atoms with Crippen LogP contribution in [0.2, 0.25) is 0 Å². The molecular weight excluding hydrogens is 475 g/mol. The van der Waals surface area contributed by atoms with Crippen LogP contribution >= 0.6 is 24.0 Å². The second kappa shape index (κ2) is 12.5. The molecule has 0 aliphatic heterocycles. The van der Waals surface area contributed by atoms with E-state index in [1.807, 2.05) is 30.3 Å². The summed E-state index contributed by atoms with van der Waals surface area (Å²) in [6.45, 7) is 4.36. The molecule has 0 spiro atoms. The molecule has 0 amide bonds. The first-order valence-electron chi connectivity index (χ1n) is 10.0. The molecule has 0 fully saturated rings. The van der Waals surface area contributed by atoms with Gasteiger partial charge in [-0.25, -0.2) is 0 Å². The Labute approximate surface area is 190 Å². The lowest BCUT2D eigenvalue weighted by Crippen LogP contribution is -2.38. The normalized spacial score (nSPS) is 12.4. The molecule has 0 saturated carbocycles. The lowest BCUT2D eigenvalue weighted by Gasteiger charge is -2.15. The van der Waals surface area contributed by atoms with Gasteiger partial charge in [0, 0.05) is 36.1 Å². The van der Waals surface area contributed by atoms with Gasteiger partial charge >= 0.3 is 0 Å². The van der Waals surface area contributed by atoms with Gasteiger partial charge in [0.05, 0.1) is 13.2 Å². The van der Waals surface area contributed by atoms with Gasteiger partial charge in [-0.05, 0) is 37.0 Å². The first kappa shape index (κ1) is 23.2. The number of aliphatic hydroxyl groups excluding tert-OH is 1. The van der Waals surface area contributed by atoms with E-state index in [1.165, 1.54) is 16.5 Å². The van der Waals surface area contributed by atoms with Crippen LogP contribution in [0.1, 0.15) is 30.4 Å². The van der Waals surface area contributed by atoms with E-state index >= 15 is 0 Å². The zero-order chi connectivity index (χ0) is 19.6. The molecule has 5 nitrogen and oxygen atoms in total. The second-order valence-electron chi connectivity index (χ2n) is 6.90. The van der Waals surface area contributed by atoms with Crippen LogP contribution in [-0.2, 0) is 6.42 Å². The number of nitrogens with one attached hydrogen (secondary N) is 3. The van der Waals surface area contributed by atoms with Crippen LogP contribution in [-0.4, -0.2) is 42.3 Å². The number of hydrogen-bond donors (Lipinski definition) is 4. The molecule has 1 unspecified atom stereocenters. The van der Waals surface area contributed by atoms with Crippen molar-refractivity contribution in [2.24, 2.45) is 4.99 Å². The molecule has 0 aliphatic rings. The number of aryl methyl sites for hydroxylation is 1. The molecule has 156 valence electrons. The average molecular weight is 506 g/mol. The highest BCUT2D eigenvalue weighted by Crippen LogP contribution is 2.18. The van der Waals surface area contributed by atoms with Gasteiger partial charge in [0.15, 0.2) is 5.96 Å². The number of aromatic nitrogens is 1. The minimum atomic E-state index is 0. The summed E-state index contributed by atoms with van der Waals surface area (Å²) in [6.07, 6.45) is 4.14. The third-order valence-corrected chi connectivity index (χ3v) is 4.90. The number of benzene rings is 2.